The summed E-state index contributed by atoms with van der Waals surface area (Å²) in [5.74, 6) is 0.344. The van der Waals surface area contributed by atoms with Crippen molar-refractivity contribution in [3.63, 3.8) is 0 Å². The van der Waals surface area contributed by atoms with Crippen molar-refractivity contribution in [2.24, 2.45) is 17.8 Å². The average Bonchev–Trinajstić information content (AvgIpc) is 2.99. The molecule has 0 aliphatic heterocycles. The van der Waals surface area contributed by atoms with E-state index in [0.717, 1.165) is 30.0 Å². The highest BCUT2D eigenvalue weighted by Crippen LogP contribution is 2.36. The molecule has 232 valence electrons. The van der Waals surface area contributed by atoms with Crippen LogP contribution >= 0.6 is 0 Å². The number of rotatable bonds is 10. The largest absolute Gasteiger partial charge is 0.513 e. The number of hydrogen-bond donors (Lipinski definition) is 0. The van der Waals surface area contributed by atoms with Gasteiger partial charge in [-0.05, 0) is 96.8 Å². The summed E-state index contributed by atoms with van der Waals surface area (Å²) >= 11 is 0. The lowest BCUT2D eigenvalue weighted by Crippen LogP contribution is -2.35. The van der Waals surface area contributed by atoms with E-state index >= 15 is 0 Å². The van der Waals surface area contributed by atoms with Crippen LogP contribution in [0.3, 0.4) is 0 Å². The first-order valence-corrected chi connectivity index (χ1v) is 14.7. The zero-order valence-electron chi connectivity index (χ0n) is 25.5. The van der Waals surface area contributed by atoms with Crippen LogP contribution in [0.1, 0.15) is 67.7 Å². The normalized spacial score (nSPS) is 17.9. The number of fused-ring (bicyclic) bond motifs is 1. The number of carbonyl (C=O) groups is 4. The molecule has 0 bridgehead atoms. The van der Waals surface area contributed by atoms with Crippen LogP contribution in [0.25, 0.3) is 10.8 Å². The molecule has 0 heterocycles. The molecule has 0 spiro atoms. The fraction of sp³-hybridized carbons (Fsp3) is 0.371. The Morgan fingerprint density at radius 1 is 0.795 bits per heavy atom. The molecule has 3 aromatic carbocycles. The summed E-state index contributed by atoms with van der Waals surface area (Å²) in [5, 5.41) is 1.62. The molecule has 0 radical (unpaired) electrons. The molecule has 0 N–H and O–H groups in total. The summed E-state index contributed by atoms with van der Waals surface area (Å²) in [6, 6.07) is 16.3. The van der Waals surface area contributed by atoms with E-state index in [0.29, 0.717) is 29.1 Å². The van der Waals surface area contributed by atoms with Gasteiger partial charge in [0.1, 0.15) is 30.8 Å². The van der Waals surface area contributed by atoms with Gasteiger partial charge in [0.25, 0.3) is 0 Å². The van der Waals surface area contributed by atoms with E-state index in [1.165, 1.54) is 31.2 Å². The van der Waals surface area contributed by atoms with Crippen molar-refractivity contribution in [1.29, 1.82) is 0 Å². The Kier molecular flexibility index (Phi) is 10.8. The van der Waals surface area contributed by atoms with Gasteiger partial charge in [0, 0.05) is 5.57 Å². The quantitative estimate of drug-likeness (QED) is 0.0588. The van der Waals surface area contributed by atoms with Gasteiger partial charge in [-0.2, -0.15) is 0 Å². The molecule has 4 rings (SSSR count). The van der Waals surface area contributed by atoms with Gasteiger partial charge in [0.2, 0.25) is 0 Å². The maximum atomic E-state index is 13.0. The van der Waals surface area contributed by atoms with Gasteiger partial charge in [-0.15, -0.1) is 0 Å². The lowest BCUT2D eigenvalue weighted by atomic mass is 9.75. The molecule has 9 nitrogen and oxygen atoms in total. The molecule has 0 amide bonds. The summed E-state index contributed by atoms with van der Waals surface area (Å²) in [4.78, 5) is 48.9. The topological polar surface area (TPSA) is 114 Å². The van der Waals surface area contributed by atoms with Crippen LogP contribution in [0.4, 0.5) is 4.79 Å². The third-order valence-corrected chi connectivity index (χ3v) is 7.65. The van der Waals surface area contributed by atoms with Crippen molar-refractivity contribution < 1.29 is 42.9 Å². The first-order chi connectivity index (χ1) is 21.0. The predicted octanol–water partition coefficient (Wildman–Crippen LogP) is 7.31. The van der Waals surface area contributed by atoms with E-state index in [9.17, 15) is 19.2 Å². The van der Waals surface area contributed by atoms with Crippen molar-refractivity contribution >= 4 is 34.8 Å². The van der Waals surface area contributed by atoms with Crippen LogP contribution in [-0.4, -0.2) is 43.4 Å². The Balaban J connectivity index is 1.31. The second kappa shape index (κ2) is 14.7. The molecule has 0 aromatic heterocycles. The Labute approximate surface area is 257 Å². The lowest BCUT2D eigenvalue weighted by molar-refractivity contribution is -0.140. The zero-order valence-corrected chi connectivity index (χ0v) is 25.5. The molecular weight excluding hydrogens is 564 g/mol. The predicted molar refractivity (Wildman–Crippen MR) is 164 cm³/mol. The van der Waals surface area contributed by atoms with Gasteiger partial charge in [-0.3, -0.25) is 0 Å². The summed E-state index contributed by atoms with van der Waals surface area (Å²) < 4.78 is 26.3. The minimum Gasteiger partial charge on any atom is -0.459 e. The van der Waals surface area contributed by atoms with Crippen LogP contribution in [0.15, 0.2) is 72.8 Å². The van der Waals surface area contributed by atoms with E-state index in [1.807, 2.05) is 6.07 Å². The maximum absolute atomic E-state index is 13.0. The van der Waals surface area contributed by atoms with E-state index in [-0.39, 0.29) is 42.2 Å². The Morgan fingerprint density at radius 2 is 1.43 bits per heavy atom. The number of benzene rings is 3. The van der Waals surface area contributed by atoms with Gasteiger partial charge in [-0.1, -0.05) is 45.9 Å². The van der Waals surface area contributed by atoms with E-state index in [2.05, 4.69) is 27.4 Å². The molecule has 9 heteroatoms. The van der Waals surface area contributed by atoms with E-state index in [4.69, 9.17) is 23.7 Å². The van der Waals surface area contributed by atoms with Gasteiger partial charge >= 0.3 is 24.1 Å². The molecule has 1 saturated carbocycles. The fourth-order valence-corrected chi connectivity index (χ4v) is 5.20. The maximum Gasteiger partial charge on any atom is 0.513 e. The monoisotopic (exact) mass is 602 g/mol. The Morgan fingerprint density at radius 3 is 2.14 bits per heavy atom. The van der Waals surface area contributed by atoms with Crippen molar-refractivity contribution in [2.75, 3.05) is 13.2 Å². The molecule has 3 unspecified atom stereocenters. The standard InChI is InChI=1S/C35H38O9/c1-21(2)30-15-6-23(5)18-31(30)44-34(38)27-8-7-26-20-29(14-11-25(26)19-27)42-33(37)24-9-12-28(13-10-24)43-35(39)41-17-16-40-32(36)22(3)4/h7-14,19-21,23,30-31H,3,6,15-18H2,1-2,4-5H3. The molecule has 0 saturated heterocycles. The number of carbonyl (C=O) groups excluding carboxylic acids is 4. The fourth-order valence-electron chi connectivity index (χ4n) is 5.20. The van der Waals surface area contributed by atoms with Crippen molar-refractivity contribution in [3.05, 3.63) is 83.9 Å². The third-order valence-electron chi connectivity index (χ3n) is 7.65. The highest BCUT2D eigenvalue weighted by molar-refractivity contribution is 5.96. The second-order valence-corrected chi connectivity index (χ2v) is 11.5. The summed E-state index contributed by atoms with van der Waals surface area (Å²) in [6.07, 6.45) is 2.05. The highest BCUT2D eigenvalue weighted by atomic mass is 16.7. The molecule has 1 fully saturated rings. The number of hydrogen-bond acceptors (Lipinski definition) is 9. The van der Waals surface area contributed by atoms with Crippen LogP contribution in [0.5, 0.6) is 11.5 Å². The van der Waals surface area contributed by atoms with Crippen molar-refractivity contribution in [3.8, 4) is 11.5 Å². The Hall–Kier alpha value is -4.66. The number of esters is 3. The molecule has 3 aromatic rings. The smallest absolute Gasteiger partial charge is 0.459 e. The van der Waals surface area contributed by atoms with Gasteiger partial charge in [0.15, 0.2) is 0 Å². The van der Waals surface area contributed by atoms with Crippen LogP contribution < -0.4 is 9.47 Å². The molecular formula is C35H38O9. The van der Waals surface area contributed by atoms with Gasteiger partial charge in [0.05, 0.1) is 11.1 Å². The second-order valence-electron chi connectivity index (χ2n) is 11.5. The van der Waals surface area contributed by atoms with Gasteiger partial charge in [-0.25, -0.2) is 19.2 Å². The zero-order chi connectivity index (χ0) is 31.8. The van der Waals surface area contributed by atoms with Crippen LogP contribution in [0, 0.1) is 17.8 Å². The minimum absolute atomic E-state index is 0.0804. The summed E-state index contributed by atoms with van der Waals surface area (Å²) in [5.41, 5.74) is 0.969. The minimum atomic E-state index is -0.984. The van der Waals surface area contributed by atoms with E-state index in [1.54, 1.807) is 30.3 Å². The lowest BCUT2D eigenvalue weighted by Gasteiger charge is -2.36. The molecule has 44 heavy (non-hydrogen) atoms. The van der Waals surface area contributed by atoms with Crippen LogP contribution in [-0.2, 0) is 19.0 Å². The SMILES string of the molecule is C=C(C)C(=O)OCCOC(=O)Oc1ccc(C(=O)Oc2ccc3cc(C(=O)OC4CC(C)CCC4C(C)C)ccc3c2)cc1. The highest BCUT2D eigenvalue weighted by Gasteiger charge is 2.33. The Bertz CT molecular complexity index is 1520. The van der Waals surface area contributed by atoms with Gasteiger partial charge < -0.3 is 23.7 Å². The summed E-state index contributed by atoms with van der Waals surface area (Å²) in [7, 11) is 0. The molecule has 1 aliphatic carbocycles. The average molecular weight is 603 g/mol. The third kappa shape index (κ3) is 8.69. The van der Waals surface area contributed by atoms with Crippen molar-refractivity contribution in [2.45, 2.75) is 53.1 Å². The van der Waals surface area contributed by atoms with Crippen molar-refractivity contribution in [1.82, 2.24) is 0 Å². The number of ether oxygens (including phenoxy) is 5. The summed E-state index contributed by atoms with van der Waals surface area (Å²) in [6.45, 7) is 11.2. The molecule has 1 aliphatic rings. The first-order valence-electron chi connectivity index (χ1n) is 14.7. The first kappa shape index (κ1) is 32.3. The van der Waals surface area contributed by atoms with Crippen LogP contribution in [0.2, 0.25) is 0 Å². The van der Waals surface area contributed by atoms with E-state index < -0.39 is 18.1 Å². The molecule has 3 atom stereocenters.